The molecule has 7 nitrogen and oxygen atoms in total. The van der Waals surface area contributed by atoms with Crippen LogP contribution in [0.5, 0.6) is 17.4 Å². The van der Waals surface area contributed by atoms with Gasteiger partial charge in [-0.2, -0.15) is 4.31 Å². The highest BCUT2D eigenvalue weighted by atomic mass is 32.2. The second-order valence-electron chi connectivity index (χ2n) is 6.72. The zero-order valence-electron chi connectivity index (χ0n) is 15.1. The van der Waals surface area contributed by atoms with Gasteiger partial charge in [-0.3, -0.25) is 0 Å². The molecule has 8 heteroatoms. The molecule has 27 heavy (non-hydrogen) atoms. The highest BCUT2D eigenvalue weighted by Gasteiger charge is 2.34. The highest BCUT2D eigenvalue weighted by molar-refractivity contribution is 7.89. The molecule has 0 bridgehead atoms. The van der Waals surface area contributed by atoms with Crippen molar-refractivity contribution < 1.29 is 22.6 Å². The lowest BCUT2D eigenvalue weighted by molar-refractivity contribution is 0.207. The van der Waals surface area contributed by atoms with E-state index in [2.05, 4.69) is 4.98 Å². The first kappa shape index (κ1) is 18.1. The first-order valence-electron chi connectivity index (χ1n) is 9.01. The quantitative estimate of drug-likeness (QED) is 0.798. The topological polar surface area (TPSA) is 78.0 Å². The second-order valence-corrected chi connectivity index (χ2v) is 8.66. The maximum Gasteiger partial charge on any atom is 0.243 e. The molecule has 2 aromatic rings. The largest absolute Gasteiger partial charge is 0.490 e. The summed E-state index contributed by atoms with van der Waals surface area (Å²) in [5, 5.41) is 0. The molecule has 1 aromatic carbocycles. The minimum absolute atomic E-state index is 0.209. The van der Waals surface area contributed by atoms with Gasteiger partial charge in [0.05, 0.1) is 24.7 Å². The maximum atomic E-state index is 13.0. The molecule has 2 aliphatic rings. The van der Waals surface area contributed by atoms with Crippen molar-refractivity contribution in [2.45, 2.75) is 30.8 Å². The summed E-state index contributed by atoms with van der Waals surface area (Å²) < 4.78 is 44.5. The standard InChI is InChI=1S/C19H22N2O5S/c1-14-3-6-19(20-12-14)26-15-7-8-21(13-15)27(22,23)16-4-5-17-18(11-16)25-10-2-9-24-17/h3-6,11-12,15H,2,7-10,13H2,1H3. The number of benzene rings is 1. The molecule has 4 rings (SSSR count). The lowest BCUT2D eigenvalue weighted by atomic mass is 10.3. The number of aromatic nitrogens is 1. The SMILES string of the molecule is Cc1ccc(OC2CCN(S(=O)(=O)c3ccc4c(c3)OCCCO4)C2)nc1. The highest BCUT2D eigenvalue weighted by Crippen LogP contribution is 2.33. The van der Waals surface area contributed by atoms with Crippen LogP contribution in [0.25, 0.3) is 0 Å². The van der Waals surface area contributed by atoms with Gasteiger partial charge < -0.3 is 14.2 Å². The van der Waals surface area contributed by atoms with Crippen LogP contribution in [-0.2, 0) is 10.0 Å². The Labute approximate surface area is 158 Å². The number of aryl methyl sites for hydroxylation is 1. The van der Waals surface area contributed by atoms with Crippen LogP contribution in [-0.4, -0.2) is 50.1 Å². The average Bonchev–Trinajstić information content (AvgIpc) is 3.01. The van der Waals surface area contributed by atoms with Crippen LogP contribution in [0.1, 0.15) is 18.4 Å². The smallest absolute Gasteiger partial charge is 0.243 e. The van der Waals surface area contributed by atoms with Gasteiger partial charge in [-0.25, -0.2) is 13.4 Å². The van der Waals surface area contributed by atoms with Gasteiger partial charge in [-0.1, -0.05) is 6.07 Å². The molecule has 0 radical (unpaired) electrons. The Balaban J connectivity index is 1.48. The van der Waals surface area contributed by atoms with Crippen molar-refractivity contribution >= 4 is 10.0 Å². The zero-order valence-corrected chi connectivity index (χ0v) is 15.9. The third-order valence-corrected chi connectivity index (χ3v) is 6.50. The summed E-state index contributed by atoms with van der Waals surface area (Å²) in [6.45, 7) is 3.74. The van der Waals surface area contributed by atoms with Crippen molar-refractivity contribution in [3.63, 3.8) is 0 Å². The van der Waals surface area contributed by atoms with Gasteiger partial charge in [0.15, 0.2) is 11.5 Å². The Morgan fingerprint density at radius 1 is 1.15 bits per heavy atom. The van der Waals surface area contributed by atoms with Crippen molar-refractivity contribution in [3.05, 3.63) is 42.1 Å². The summed E-state index contributed by atoms with van der Waals surface area (Å²) in [6.07, 6.45) is 2.92. The number of nitrogens with zero attached hydrogens (tertiary/aromatic N) is 2. The van der Waals surface area contributed by atoms with Gasteiger partial charge in [0, 0.05) is 31.3 Å². The molecule has 144 valence electrons. The van der Waals surface area contributed by atoms with Gasteiger partial charge in [0.25, 0.3) is 0 Å². The molecule has 1 fully saturated rings. The number of hydrogen-bond donors (Lipinski definition) is 0. The minimum atomic E-state index is -3.62. The fourth-order valence-corrected chi connectivity index (χ4v) is 4.66. The summed E-state index contributed by atoms with van der Waals surface area (Å²) in [6, 6.07) is 8.50. The monoisotopic (exact) mass is 390 g/mol. The Kier molecular flexibility index (Phi) is 4.92. The molecular weight excluding hydrogens is 368 g/mol. The molecule has 0 amide bonds. The molecule has 0 N–H and O–H groups in total. The van der Waals surface area contributed by atoms with E-state index in [1.165, 1.54) is 4.31 Å². The van der Waals surface area contributed by atoms with E-state index >= 15 is 0 Å². The molecule has 1 unspecified atom stereocenters. The van der Waals surface area contributed by atoms with E-state index in [0.29, 0.717) is 50.1 Å². The van der Waals surface area contributed by atoms with E-state index in [1.54, 1.807) is 30.5 Å². The van der Waals surface area contributed by atoms with E-state index in [0.717, 1.165) is 12.0 Å². The minimum Gasteiger partial charge on any atom is -0.490 e. The van der Waals surface area contributed by atoms with Crippen LogP contribution >= 0.6 is 0 Å². The molecule has 0 saturated carbocycles. The molecule has 1 atom stereocenters. The Morgan fingerprint density at radius 2 is 1.96 bits per heavy atom. The predicted octanol–water partition coefficient (Wildman–Crippen LogP) is 2.39. The summed E-state index contributed by atoms with van der Waals surface area (Å²) in [5.41, 5.74) is 1.05. The van der Waals surface area contributed by atoms with Crippen molar-refractivity contribution in [1.29, 1.82) is 0 Å². The Morgan fingerprint density at radius 3 is 2.74 bits per heavy atom. The van der Waals surface area contributed by atoms with Crippen molar-refractivity contribution in [2.75, 3.05) is 26.3 Å². The molecular formula is C19H22N2O5S. The molecule has 0 aliphatic carbocycles. The normalized spacial score (nSPS) is 20.3. The molecule has 1 saturated heterocycles. The predicted molar refractivity (Wildman–Crippen MR) is 98.8 cm³/mol. The molecule has 2 aliphatic heterocycles. The zero-order chi connectivity index (χ0) is 18.9. The third kappa shape index (κ3) is 3.86. The van der Waals surface area contributed by atoms with Crippen LogP contribution in [0.15, 0.2) is 41.4 Å². The number of hydrogen-bond acceptors (Lipinski definition) is 6. The first-order valence-corrected chi connectivity index (χ1v) is 10.5. The van der Waals surface area contributed by atoms with Gasteiger partial charge >= 0.3 is 0 Å². The molecule has 0 spiro atoms. The third-order valence-electron chi connectivity index (χ3n) is 4.64. The van der Waals surface area contributed by atoms with E-state index in [4.69, 9.17) is 14.2 Å². The molecule has 3 heterocycles. The maximum absolute atomic E-state index is 13.0. The average molecular weight is 390 g/mol. The second kappa shape index (κ2) is 7.36. The number of rotatable bonds is 4. The van der Waals surface area contributed by atoms with Gasteiger partial charge in [-0.05, 0) is 31.0 Å². The van der Waals surface area contributed by atoms with E-state index < -0.39 is 10.0 Å². The summed E-state index contributed by atoms with van der Waals surface area (Å²) in [7, 11) is -3.62. The summed E-state index contributed by atoms with van der Waals surface area (Å²) in [4.78, 5) is 4.43. The van der Waals surface area contributed by atoms with Crippen LogP contribution in [0, 0.1) is 6.92 Å². The van der Waals surface area contributed by atoms with Gasteiger partial charge in [0.1, 0.15) is 6.10 Å². The summed E-state index contributed by atoms with van der Waals surface area (Å²) in [5.74, 6) is 1.57. The van der Waals surface area contributed by atoms with Crippen LogP contribution in [0.2, 0.25) is 0 Å². The van der Waals surface area contributed by atoms with E-state index in [-0.39, 0.29) is 11.0 Å². The summed E-state index contributed by atoms with van der Waals surface area (Å²) >= 11 is 0. The number of sulfonamides is 1. The van der Waals surface area contributed by atoms with Crippen molar-refractivity contribution in [1.82, 2.24) is 9.29 Å². The lowest BCUT2D eigenvalue weighted by Gasteiger charge is -2.18. The van der Waals surface area contributed by atoms with Crippen LogP contribution < -0.4 is 14.2 Å². The van der Waals surface area contributed by atoms with E-state index in [9.17, 15) is 8.42 Å². The van der Waals surface area contributed by atoms with Gasteiger partial charge in [-0.15, -0.1) is 0 Å². The van der Waals surface area contributed by atoms with Crippen molar-refractivity contribution in [2.24, 2.45) is 0 Å². The fourth-order valence-electron chi connectivity index (χ4n) is 3.16. The van der Waals surface area contributed by atoms with Gasteiger partial charge in [0.2, 0.25) is 15.9 Å². The van der Waals surface area contributed by atoms with Crippen LogP contribution in [0.3, 0.4) is 0 Å². The lowest BCUT2D eigenvalue weighted by Crippen LogP contribution is -2.31. The molecule has 1 aromatic heterocycles. The number of fused-ring (bicyclic) bond motifs is 1. The van der Waals surface area contributed by atoms with Crippen molar-refractivity contribution in [3.8, 4) is 17.4 Å². The number of pyridine rings is 1. The fraction of sp³-hybridized carbons (Fsp3) is 0.421. The van der Waals surface area contributed by atoms with Crippen LogP contribution in [0.4, 0.5) is 0 Å². The Hall–Kier alpha value is -2.32. The first-order chi connectivity index (χ1) is 13.0. The Bertz CT molecular complexity index is 914. The van der Waals surface area contributed by atoms with E-state index in [1.807, 2.05) is 13.0 Å². The number of ether oxygens (including phenoxy) is 3.